The Morgan fingerprint density at radius 1 is 1.12 bits per heavy atom. The molecule has 0 radical (unpaired) electrons. The fraction of sp³-hybridized carbons (Fsp3) is 0.600. The summed E-state index contributed by atoms with van der Waals surface area (Å²) < 4.78 is 0. The quantitative estimate of drug-likeness (QED) is 0.823. The van der Waals surface area contributed by atoms with E-state index in [-0.39, 0.29) is 12.0 Å². The lowest BCUT2D eigenvalue weighted by Gasteiger charge is -2.25. The van der Waals surface area contributed by atoms with E-state index in [0.29, 0.717) is 18.9 Å². The van der Waals surface area contributed by atoms with Gasteiger partial charge in [-0.15, -0.1) is 0 Å². The lowest BCUT2D eigenvalue weighted by molar-refractivity contribution is 0.0863. The van der Waals surface area contributed by atoms with Gasteiger partial charge in [-0.05, 0) is 44.2 Å². The second-order valence-electron chi connectivity index (χ2n) is 5.41. The van der Waals surface area contributed by atoms with Crippen molar-refractivity contribution in [1.29, 1.82) is 0 Å². The molecule has 2 nitrogen and oxygen atoms in total. The van der Waals surface area contributed by atoms with Crippen molar-refractivity contribution in [3.05, 3.63) is 34.9 Å². The fourth-order valence-corrected chi connectivity index (χ4v) is 2.45. The Morgan fingerprint density at radius 3 is 2.06 bits per heavy atom. The zero-order chi connectivity index (χ0) is 13.0. The summed E-state index contributed by atoms with van der Waals surface area (Å²) in [5, 5.41) is 10.2. The van der Waals surface area contributed by atoms with Gasteiger partial charge < -0.3 is 10.8 Å². The third kappa shape index (κ3) is 4.14. The normalized spacial score (nSPS) is 15.0. The number of aliphatic hydroxyl groups is 1. The smallest absolute Gasteiger partial charge is 0.0623 e. The van der Waals surface area contributed by atoms with Gasteiger partial charge in [-0.2, -0.15) is 0 Å². The molecular weight excluding hydrogens is 210 g/mol. The molecule has 0 aliphatic rings. The van der Waals surface area contributed by atoms with E-state index in [1.54, 1.807) is 0 Å². The molecule has 0 spiro atoms. The molecule has 1 aromatic carbocycles. The Balaban J connectivity index is 2.76. The average molecular weight is 235 g/mol. The van der Waals surface area contributed by atoms with Gasteiger partial charge in [-0.25, -0.2) is 0 Å². The van der Waals surface area contributed by atoms with E-state index in [0.717, 1.165) is 0 Å². The molecule has 3 N–H and O–H groups in total. The highest BCUT2D eigenvalue weighted by atomic mass is 16.3. The van der Waals surface area contributed by atoms with Crippen LogP contribution in [0.25, 0.3) is 0 Å². The summed E-state index contributed by atoms with van der Waals surface area (Å²) >= 11 is 0. The molecule has 0 aliphatic heterocycles. The first-order chi connectivity index (χ1) is 7.93. The molecule has 0 saturated carbocycles. The maximum absolute atomic E-state index is 10.2. The Hall–Kier alpha value is -0.860. The summed E-state index contributed by atoms with van der Waals surface area (Å²) in [5.74, 6) is 0.594. The minimum absolute atomic E-state index is 0.177. The van der Waals surface area contributed by atoms with Crippen molar-refractivity contribution in [2.24, 2.45) is 17.6 Å². The molecule has 0 fully saturated rings. The molecule has 96 valence electrons. The van der Waals surface area contributed by atoms with Crippen molar-refractivity contribution in [3.8, 4) is 0 Å². The number of aryl methyl sites for hydroxylation is 2. The van der Waals surface area contributed by atoms with E-state index in [4.69, 9.17) is 5.73 Å². The molecule has 2 atom stereocenters. The number of hydrogen-bond acceptors (Lipinski definition) is 2. The predicted molar refractivity (Wildman–Crippen MR) is 73.0 cm³/mol. The molecule has 0 saturated heterocycles. The molecule has 0 heterocycles. The molecule has 0 amide bonds. The monoisotopic (exact) mass is 235 g/mol. The topological polar surface area (TPSA) is 46.2 Å². The van der Waals surface area contributed by atoms with Crippen LogP contribution in [-0.2, 0) is 6.42 Å². The van der Waals surface area contributed by atoms with Crippen molar-refractivity contribution >= 4 is 0 Å². The third-order valence-electron chi connectivity index (χ3n) is 3.35. The van der Waals surface area contributed by atoms with Gasteiger partial charge in [-0.1, -0.05) is 43.2 Å². The first-order valence-corrected chi connectivity index (χ1v) is 6.39. The van der Waals surface area contributed by atoms with Crippen LogP contribution in [0.2, 0.25) is 0 Å². The van der Waals surface area contributed by atoms with Crippen LogP contribution in [0.15, 0.2) is 18.2 Å². The van der Waals surface area contributed by atoms with Crippen molar-refractivity contribution < 1.29 is 5.11 Å². The zero-order valence-corrected chi connectivity index (χ0v) is 11.4. The number of nitrogens with two attached hydrogens (primary N) is 1. The Labute approximate surface area is 105 Å². The largest absolute Gasteiger partial charge is 0.392 e. The minimum atomic E-state index is -0.346. The van der Waals surface area contributed by atoms with Crippen LogP contribution in [0.3, 0.4) is 0 Å². The van der Waals surface area contributed by atoms with Crippen molar-refractivity contribution in [2.75, 3.05) is 6.54 Å². The number of aliphatic hydroxyl groups excluding tert-OH is 1. The summed E-state index contributed by atoms with van der Waals surface area (Å²) in [7, 11) is 0. The standard InChI is InChI=1S/C15H25NO/c1-10(2)14(9-16)15(17)8-13-6-11(3)5-12(4)7-13/h5-7,10,14-15,17H,8-9,16H2,1-4H3. The van der Waals surface area contributed by atoms with Crippen molar-refractivity contribution in [1.82, 2.24) is 0 Å². The molecule has 1 rings (SSSR count). The summed E-state index contributed by atoms with van der Waals surface area (Å²) in [4.78, 5) is 0. The van der Waals surface area contributed by atoms with E-state index in [2.05, 4.69) is 45.9 Å². The number of benzene rings is 1. The lowest BCUT2D eigenvalue weighted by Crippen LogP contribution is -2.33. The van der Waals surface area contributed by atoms with Crippen LogP contribution in [0.1, 0.15) is 30.5 Å². The van der Waals surface area contributed by atoms with Gasteiger partial charge in [0.2, 0.25) is 0 Å². The zero-order valence-electron chi connectivity index (χ0n) is 11.4. The predicted octanol–water partition coefficient (Wildman–Crippen LogP) is 2.44. The minimum Gasteiger partial charge on any atom is -0.392 e. The van der Waals surface area contributed by atoms with Gasteiger partial charge in [0.05, 0.1) is 6.10 Å². The molecule has 17 heavy (non-hydrogen) atoms. The molecule has 1 aromatic rings. The summed E-state index contributed by atoms with van der Waals surface area (Å²) in [6.07, 6.45) is 0.351. The second-order valence-corrected chi connectivity index (χ2v) is 5.41. The Morgan fingerprint density at radius 2 is 1.65 bits per heavy atom. The highest BCUT2D eigenvalue weighted by Crippen LogP contribution is 2.19. The van der Waals surface area contributed by atoms with Crippen LogP contribution in [0, 0.1) is 25.7 Å². The van der Waals surface area contributed by atoms with Crippen LogP contribution in [-0.4, -0.2) is 17.8 Å². The SMILES string of the molecule is Cc1cc(C)cc(CC(O)C(CN)C(C)C)c1. The highest BCUT2D eigenvalue weighted by Gasteiger charge is 2.21. The lowest BCUT2D eigenvalue weighted by atomic mass is 9.86. The van der Waals surface area contributed by atoms with Gasteiger partial charge >= 0.3 is 0 Å². The van der Waals surface area contributed by atoms with E-state index < -0.39 is 0 Å². The molecule has 2 heteroatoms. The molecule has 0 aromatic heterocycles. The third-order valence-corrected chi connectivity index (χ3v) is 3.35. The van der Waals surface area contributed by atoms with Gasteiger partial charge in [0.15, 0.2) is 0 Å². The fourth-order valence-electron chi connectivity index (χ4n) is 2.45. The van der Waals surface area contributed by atoms with E-state index in [1.165, 1.54) is 16.7 Å². The summed E-state index contributed by atoms with van der Waals surface area (Å²) in [5.41, 5.74) is 9.43. The maximum Gasteiger partial charge on any atom is 0.0623 e. The Kier molecular flexibility index (Phi) is 5.16. The summed E-state index contributed by atoms with van der Waals surface area (Å²) in [6, 6.07) is 6.44. The van der Waals surface area contributed by atoms with Gasteiger partial charge in [-0.3, -0.25) is 0 Å². The summed E-state index contributed by atoms with van der Waals surface area (Å²) in [6.45, 7) is 8.95. The van der Waals surface area contributed by atoms with Gasteiger partial charge in [0, 0.05) is 0 Å². The first kappa shape index (κ1) is 14.2. The van der Waals surface area contributed by atoms with Crippen molar-refractivity contribution in [2.45, 2.75) is 40.2 Å². The van der Waals surface area contributed by atoms with Gasteiger partial charge in [0.25, 0.3) is 0 Å². The van der Waals surface area contributed by atoms with E-state index in [9.17, 15) is 5.11 Å². The number of rotatable bonds is 5. The molecule has 0 aliphatic carbocycles. The van der Waals surface area contributed by atoms with E-state index in [1.807, 2.05) is 0 Å². The van der Waals surface area contributed by atoms with Crippen LogP contribution in [0.5, 0.6) is 0 Å². The van der Waals surface area contributed by atoms with E-state index >= 15 is 0 Å². The second kappa shape index (κ2) is 6.18. The first-order valence-electron chi connectivity index (χ1n) is 6.39. The van der Waals surface area contributed by atoms with Crippen LogP contribution < -0.4 is 5.73 Å². The maximum atomic E-state index is 10.2. The molecule has 2 unspecified atom stereocenters. The Bertz CT molecular complexity index is 340. The van der Waals surface area contributed by atoms with Crippen LogP contribution in [0.4, 0.5) is 0 Å². The number of hydrogen-bond donors (Lipinski definition) is 2. The highest BCUT2D eigenvalue weighted by molar-refractivity contribution is 5.29. The van der Waals surface area contributed by atoms with Crippen molar-refractivity contribution in [3.63, 3.8) is 0 Å². The van der Waals surface area contributed by atoms with Gasteiger partial charge in [0.1, 0.15) is 0 Å². The molecule has 0 bridgehead atoms. The molecular formula is C15H25NO. The van der Waals surface area contributed by atoms with Crippen LogP contribution >= 0.6 is 0 Å². The average Bonchev–Trinajstić information content (AvgIpc) is 2.15.